The van der Waals surface area contributed by atoms with Crippen LogP contribution in [0.25, 0.3) is 0 Å². The molecule has 154 valence electrons. The van der Waals surface area contributed by atoms with Crippen molar-refractivity contribution in [3.05, 3.63) is 41.6 Å². The molecule has 5 nitrogen and oxygen atoms in total. The molecule has 1 aliphatic carbocycles. The molecule has 3 rings (SSSR count). The molecular weight excluding hydrogens is 389 g/mol. The van der Waals surface area contributed by atoms with Crippen LogP contribution < -0.4 is 16.4 Å². The molecule has 1 fully saturated rings. The van der Waals surface area contributed by atoms with E-state index in [0.717, 1.165) is 18.2 Å². The van der Waals surface area contributed by atoms with Crippen LogP contribution in [0.1, 0.15) is 43.9 Å². The highest BCUT2D eigenvalue weighted by molar-refractivity contribution is 7.85. The molecule has 1 aromatic carbocycles. The number of guanidine groups is 1. The van der Waals surface area contributed by atoms with Gasteiger partial charge in [-0.3, -0.25) is 4.21 Å². The van der Waals surface area contributed by atoms with Crippen LogP contribution in [0.4, 0.5) is 18.9 Å². The maximum atomic E-state index is 13.5. The summed E-state index contributed by atoms with van der Waals surface area (Å²) in [5.74, 6) is 0.385. The lowest BCUT2D eigenvalue weighted by atomic mass is 9.72. The number of nitrogens with two attached hydrogens (primary N) is 1. The van der Waals surface area contributed by atoms with Gasteiger partial charge >= 0.3 is 6.18 Å². The molecule has 1 saturated carbocycles. The van der Waals surface area contributed by atoms with E-state index in [-0.39, 0.29) is 17.1 Å². The molecule has 0 amide bonds. The zero-order chi connectivity index (χ0) is 20.5. The van der Waals surface area contributed by atoms with Gasteiger partial charge in [-0.1, -0.05) is 25.5 Å². The number of nitrogens with zero attached hydrogens (tertiary/aromatic N) is 1. The van der Waals surface area contributed by atoms with Crippen LogP contribution in [0.3, 0.4) is 0 Å². The van der Waals surface area contributed by atoms with E-state index < -0.39 is 28.2 Å². The third kappa shape index (κ3) is 4.10. The minimum absolute atomic E-state index is 0.145. The van der Waals surface area contributed by atoms with Crippen LogP contribution in [-0.4, -0.2) is 27.8 Å². The van der Waals surface area contributed by atoms with Gasteiger partial charge in [0, 0.05) is 34.4 Å². The predicted molar refractivity (Wildman–Crippen MR) is 106 cm³/mol. The molecule has 0 saturated heterocycles. The molecule has 0 bridgehead atoms. The van der Waals surface area contributed by atoms with Gasteiger partial charge in [-0.15, -0.1) is 0 Å². The normalized spacial score (nSPS) is 25.1. The number of halogens is 3. The fourth-order valence-electron chi connectivity index (χ4n) is 3.47. The lowest BCUT2D eigenvalue weighted by molar-refractivity contribution is -0.106. The van der Waals surface area contributed by atoms with E-state index in [1.165, 1.54) is 0 Å². The third-order valence-corrected chi connectivity index (χ3v) is 7.04. The predicted octanol–water partition coefficient (Wildman–Crippen LogP) is 3.79. The molecule has 1 aliphatic heterocycles. The van der Waals surface area contributed by atoms with E-state index in [1.807, 2.05) is 32.0 Å². The van der Waals surface area contributed by atoms with E-state index in [2.05, 4.69) is 15.6 Å². The van der Waals surface area contributed by atoms with Crippen molar-refractivity contribution in [3.8, 4) is 0 Å². The van der Waals surface area contributed by atoms with Gasteiger partial charge in [-0.05, 0) is 37.5 Å². The Morgan fingerprint density at radius 2 is 2.14 bits per heavy atom. The number of aliphatic imine (C=N–C) groups is 1. The fraction of sp³-hybridized carbons (Fsp3) is 0.526. The molecule has 28 heavy (non-hydrogen) atoms. The fourth-order valence-corrected chi connectivity index (χ4v) is 4.42. The zero-order valence-corrected chi connectivity index (χ0v) is 16.7. The van der Waals surface area contributed by atoms with Crippen molar-refractivity contribution in [2.24, 2.45) is 16.6 Å². The van der Waals surface area contributed by atoms with Crippen LogP contribution in [0.2, 0.25) is 0 Å². The van der Waals surface area contributed by atoms with Crippen molar-refractivity contribution in [3.63, 3.8) is 0 Å². The second-order valence-corrected chi connectivity index (χ2v) is 9.22. The third-order valence-electron chi connectivity index (χ3n) is 5.41. The highest BCUT2D eigenvalue weighted by Gasteiger charge is 2.53. The summed E-state index contributed by atoms with van der Waals surface area (Å²) < 4.78 is 52.4. The Hall–Kier alpha value is -1.87. The van der Waals surface area contributed by atoms with E-state index in [1.54, 1.807) is 6.07 Å². The molecule has 3 unspecified atom stereocenters. The SMILES string of the molecule is CCS(=O)C(C)c1cccc(NC2=NC(N)(C3CCC3)C(C(F)(F)F)=CN2)c1. The van der Waals surface area contributed by atoms with Gasteiger partial charge < -0.3 is 16.4 Å². The first kappa shape index (κ1) is 20.9. The molecule has 0 radical (unpaired) electrons. The molecule has 0 aromatic heterocycles. The standard InChI is InChI=1S/C19H25F3N4OS/c1-3-28(27)12(2)13-6-4-9-15(10-13)25-17-24-11-16(19(20,21)22)18(23,26-17)14-7-5-8-14/h4,6,9-12,14H,3,5,7-8,23H2,1-2H3,(H2,24,25,26). The van der Waals surface area contributed by atoms with Gasteiger partial charge in [-0.25, -0.2) is 4.99 Å². The average molecular weight is 414 g/mol. The van der Waals surface area contributed by atoms with Gasteiger partial charge in [0.15, 0.2) is 0 Å². The van der Waals surface area contributed by atoms with Crippen LogP contribution in [0, 0.1) is 5.92 Å². The second-order valence-electron chi connectivity index (χ2n) is 7.18. The van der Waals surface area contributed by atoms with Crippen molar-refractivity contribution in [2.75, 3.05) is 11.1 Å². The summed E-state index contributed by atoms with van der Waals surface area (Å²) in [5.41, 5.74) is 5.06. The largest absolute Gasteiger partial charge is 0.417 e. The number of hydrogen-bond donors (Lipinski definition) is 3. The monoisotopic (exact) mass is 414 g/mol. The minimum Gasteiger partial charge on any atom is -0.332 e. The Balaban J connectivity index is 1.84. The lowest BCUT2D eigenvalue weighted by Gasteiger charge is -2.43. The highest BCUT2D eigenvalue weighted by atomic mass is 32.2. The highest BCUT2D eigenvalue weighted by Crippen LogP contribution is 2.45. The maximum absolute atomic E-state index is 13.5. The van der Waals surface area contributed by atoms with E-state index >= 15 is 0 Å². The summed E-state index contributed by atoms with van der Waals surface area (Å²) in [6.07, 6.45) is -1.54. The average Bonchev–Trinajstić information content (AvgIpc) is 2.57. The van der Waals surface area contributed by atoms with Gasteiger partial charge in [0.1, 0.15) is 5.66 Å². The summed E-state index contributed by atoms with van der Waals surface area (Å²) in [4.78, 5) is 4.23. The van der Waals surface area contributed by atoms with Crippen LogP contribution in [-0.2, 0) is 10.8 Å². The number of hydrogen-bond acceptors (Lipinski definition) is 5. The summed E-state index contributed by atoms with van der Waals surface area (Å²) in [6.45, 7) is 3.75. The zero-order valence-electron chi connectivity index (χ0n) is 15.8. The van der Waals surface area contributed by atoms with Gasteiger partial charge in [-0.2, -0.15) is 13.2 Å². The number of alkyl halides is 3. The van der Waals surface area contributed by atoms with E-state index in [0.29, 0.717) is 24.3 Å². The Kier molecular flexibility index (Phi) is 5.86. The molecule has 1 aromatic rings. The summed E-state index contributed by atoms with van der Waals surface area (Å²) in [6, 6.07) is 7.29. The number of rotatable bonds is 5. The van der Waals surface area contributed by atoms with Gasteiger partial charge in [0.05, 0.1) is 10.8 Å². The topological polar surface area (TPSA) is 79.5 Å². The number of benzene rings is 1. The van der Waals surface area contributed by atoms with Crippen molar-refractivity contribution >= 4 is 22.4 Å². The molecular formula is C19H25F3N4OS. The van der Waals surface area contributed by atoms with Crippen LogP contribution in [0.5, 0.6) is 0 Å². The summed E-state index contributed by atoms with van der Waals surface area (Å²) in [7, 11) is -0.993. The maximum Gasteiger partial charge on any atom is 0.417 e. The van der Waals surface area contributed by atoms with Crippen molar-refractivity contribution < 1.29 is 17.4 Å². The first-order valence-corrected chi connectivity index (χ1v) is 10.7. The summed E-state index contributed by atoms with van der Waals surface area (Å²) in [5, 5.41) is 5.45. The van der Waals surface area contributed by atoms with Crippen LogP contribution >= 0.6 is 0 Å². The number of nitrogens with one attached hydrogen (secondary N) is 2. The van der Waals surface area contributed by atoms with E-state index in [4.69, 9.17) is 5.73 Å². The first-order valence-electron chi connectivity index (χ1n) is 9.32. The second kappa shape index (κ2) is 7.87. The minimum atomic E-state index is -4.55. The Morgan fingerprint density at radius 1 is 1.43 bits per heavy atom. The van der Waals surface area contributed by atoms with E-state index in [9.17, 15) is 17.4 Å². The molecule has 0 spiro atoms. The van der Waals surface area contributed by atoms with Gasteiger partial charge in [0.2, 0.25) is 5.96 Å². The Bertz CT molecular complexity index is 820. The molecule has 3 atom stereocenters. The molecule has 9 heteroatoms. The summed E-state index contributed by atoms with van der Waals surface area (Å²) >= 11 is 0. The number of anilines is 1. The van der Waals surface area contributed by atoms with Crippen molar-refractivity contribution in [1.29, 1.82) is 0 Å². The Morgan fingerprint density at radius 3 is 2.71 bits per heavy atom. The lowest BCUT2D eigenvalue weighted by Crippen LogP contribution is -2.57. The van der Waals surface area contributed by atoms with Crippen LogP contribution in [0.15, 0.2) is 41.0 Å². The first-order chi connectivity index (χ1) is 13.1. The smallest absolute Gasteiger partial charge is 0.332 e. The Labute approximate surface area is 165 Å². The van der Waals surface area contributed by atoms with Crippen molar-refractivity contribution in [2.45, 2.75) is 50.2 Å². The quantitative estimate of drug-likeness (QED) is 0.685. The molecule has 4 N–H and O–H groups in total. The van der Waals surface area contributed by atoms with Crippen molar-refractivity contribution in [1.82, 2.24) is 5.32 Å². The molecule has 1 heterocycles. The van der Waals surface area contributed by atoms with Gasteiger partial charge in [0.25, 0.3) is 0 Å². The molecule has 2 aliphatic rings.